The van der Waals surface area contributed by atoms with Crippen LogP contribution in [0.15, 0.2) is 60.0 Å². The molecule has 1 spiro atoms. The first-order valence-corrected chi connectivity index (χ1v) is 20.1. The minimum absolute atomic E-state index is 0. The van der Waals surface area contributed by atoms with Crippen LogP contribution >= 0.6 is 11.3 Å². The van der Waals surface area contributed by atoms with Gasteiger partial charge in [0.1, 0.15) is 0 Å². The smallest absolute Gasteiger partial charge is 0.793 e. The molecule has 3 aromatic heterocycles. The topological polar surface area (TPSA) is 187 Å². The average molecular weight is 839 g/mol. The van der Waals surface area contributed by atoms with E-state index in [2.05, 4.69) is 72.3 Å². The molecule has 59 heavy (non-hydrogen) atoms. The number of likely N-dealkylation sites (tertiary alicyclic amines) is 2. The number of hydrogen-bond acceptors (Lipinski definition) is 14. The van der Waals surface area contributed by atoms with Gasteiger partial charge in [-0.3, -0.25) is 24.6 Å². The van der Waals surface area contributed by atoms with E-state index in [-0.39, 0.29) is 52.8 Å². The molecule has 0 unspecified atom stereocenters. The molecular formula is C40H50BN7NaO9S. The first-order valence-electron chi connectivity index (χ1n) is 19.3. The van der Waals surface area contributed by atoms with Gasteiger partial charge in [0, 0.05) is 46.4 Å². The van der Waals surface area contributed by atoms with Gasteiger partial charge in [-0.05, 0) is 112 Å². The molecule has 4 fully saturated rings. The zero-order valence-electron chi connectivity index (χ0n) is 34.2. The summed E-state index contributed by atoms with van der Waals surface area (Å²) in [7, 11) is 4.32. The maximum atomic E-state index is 13.4. The van der Waals surface area contributed by atoms with E-state index in [4.69, 9.17) is 9.40 Å². The van der Waals surface area contributed by atoms with Crippen molar-refractivity contribution in [2.45, 2.75) is 78.3 Å². The number of carbonyl (C=O) groups excluding carboxylic acids is 5. The third-order valence-corrected chi connectivity index (χ3v) is 11.2. The van der Waals surface area contributed by atoms with Crippen molar-refractivity contribution in [1.29, 1.82) is 0 Å². The fraction of sp³-hybridized carbons (Fsp3) is 0.475. The van der Waals surface area contributed by atoms with Gasteiger partial charge in [0.15, 0.2) is 12.2 Å². The fourth-order valence-corrected chi connectivity index (χ4v) is 8.30. The number of rotatable bonds is 7. The number of nitrogens with one attached hydrogen (secondary N) is 2. The van der Waals surface area contributed by atoms with E-state index < -0.39 is 17.9 Å². The first-order chi connectivity index (χ1) is 27.9. The van der Waals surface area contributed by atoms with Gasteiger partial charge in [0.05, 0.1) is 27.0 Å². The van der Waals surface area contributed by atoms with Crippen molar-refractivity contribution in [1.82, 2.24) is 29.7 Å². The summed E-state index contributed by atoms with van der Waals surface area (Å²) in [6.07, 6.45) is 12.6. The minimum Gasteiger partial charge on any atom is -0.793 e. The van der Waals surface area contributed by atoms with Crippen LogP contribution in [0.4, 0.5) is 5.95 Å². The summed E-state index contributed by atoms with van der Waals surface area (Å²) in [6.45, 7) is 14.4. The molecule has 1 aliphatic carbocycles. The molecule has 4 aromatic rings. The van der Waals surface area contributed by atoms with Gasteiger partial charge in [-0.25, -0.2) is 29.3 Å². The van der Waals surface area contributed by atoms with Crippen LogP contribution in [0.1, 0.15) is 87.0 Å². The number of amides is 2. The van der Waals surface area contributed by atoms with E-state index in [0.717, 1.165) is 81.7 Å². The van der Waals surface area contributed by atoms with Crippen LogP contribution in [0, 0.1) is 5.41 Å². The van der Waals surface area contributed by atoms with Crippen LogP contribution in [0.2, 0.25) is 0 Å². The molecule has 16 nitrogen and oxygen atoms in total. The third-order valence-electron chi connectivity index (χ3n) is 10.1. The molecule has 2 N–H and O–H groups in total. The van der Waals surface area contributed by atoms with E-state index in [1.807, 2.05) is 11.0 Å². The van der Waals surface area contributed by atoms with Gasteiger partial charge in [-0.2, -0.15) is 0 Å². The Morgan fingerprint density at radius 1 is 1.00 bits per heavy atom. The second-order valence-corrected chi connectivity index (χ2v) is 15.7. The summed E-state index contributed by atoms with van der Waals surface area (Å²) in [5.41, 5.74) is 3.30. The average Bonchev–Trinajstić information content (AvgIpc) is 4.04. The van der Waals surface area contributed by atoms with Crippen molar-refractivity contribution in [3.8, 4) is 10.6 Å². The fourth-order valence-electron chi connectivity index (χ4n) is 7.44. The number of hydrogen-bond donors (Lipinski definition) is 2. The van der Waals surface area contributed by atoms with Crippen molar-refractivity contribution < 1.29 is 72.4 Å². The monoisotopic (exact) mass is 838 g/mol. The van der Waals surface area contributed by atoms with E-state index in [1.54, 1.807) is 12.3 Å². The molecule has 8 rings (SSSR count). The molecule has 0 bridgehead atoms. The Kier molecular flexibility index (Phi) is 18.4. The predicted octanol–water partition coefficient (Wildman–Crippen LogP) is 2.37. The Labute approximate surface area is 371 Å². The third kappa shape index (κ3) is 13.6. The van der Waals surface area contributed by atoms with Crippen molar-refractivity contribution >= 4 is 66.1 Å². The molecular weight excluding hydrogens is 788 g/mol. The molecule has 1 aromatic carbocycles. The summed E-state index contributed by atoms with van der Waals surface area (Å²) >= 11 is 1.37. The maximum absolute atomic E-state index is 13.4. The predicted molar refractivity (Wildman–Crippen MR) is 217 cm³/mol. The number of benzene rings is 1. The summed E-state index contributed by atoms with van der Waals surface area (Å²) < 4.78 is 11.2. The summed E-state index contributed by atoms with van der Waals surface area (Å²) in [5, 5.41) is 6.34. The quantitative estimate of drug-likeness (QED) is 0.120. The number of imidazole rings is 1. The number of thiophene rings is 1. The summed E-state index contributed by atoms with van der Waals surface area (Å²) in [5.74, 6) is -0.716. The van der Waals surface area contributed by atoms with E-state index >= 15 is 0 Å². The standard InChI is InChI=1S/C30H32N6O3S.C4H9N.C4H6O4.C2H3BO2.Na/c1-2-27(37)35-12-9-30(18-35)14-21(15-30)36-23-6-5-20(17-34-10-3-4-11-34)13-22(23)32-29(36)33-28(38)26-8-7-25(40-26)24-16-31-19-39-24;1-2-4-5-3-1;1-3(5)7-8-4(2)6;1-2(4)5-3;/h2,5-8,13,16,19,21H,1,3-4,9-12,14-15,17-18H2,(H,32,33,38);5H,1-4H2;1-2H3;1H3;/q;;;-1;+1. The normalized spacial score (nSPS) is 19.1. The van der Waals surface area contributed by atoms with Crippen LogP contribution in [-0.2, 0) is 40.2 Å². The minimum atomic E-state index is -0.639. The number of nitrogens with zero attached hydrogens (tertiary/aromatic N) is 5. The number of oxazole rings is 1. The Balaban J connectivity index is 0.000000338. The van der Waals surface area contributed by atoms with Crippen LogP contribution < -0.4 is 40.2 Å². The van der Waals surface area contributed by atoms with Gasteiger partial charge in [0.25, 0.3) is 5.91 Å². The zero-order valence-corrected chi connectivity index (χ0v) is 37.0. The molecule has 3 radical (unpaired) electrons. The number of fused-ring (bicyclic) bond motifs is 1. The largest absolute Gasteiger partial charge is 1.00 e. The summed E-state index contributed by atoms with van der Waals surface area (Å²) in [4.78, 5) is 77.1. The molecule has 0 atom stereocenters. The maximum Gasteiger partial charge on any atom is 1.00 e. The molecule has 19 heteroatoms. The van der Waals surface area contributed by atoms with Gasteiger partial charge < -0.3 is 31.9 Å². The number of carbonyl (C=O) groups is 5. The van der Waals surface area contributed by atoms with Gasteiger partial charge >= 0.3 is 41.5 Å². The van der Waals surface area contributed by atoms with Crippen LogP contribution in [-0.4, -0.2) is 101 Å². The van der Waals surface area contributed by atoms with E-state index in [1.165, 1.54) is 75.1 Å². The molecule has 309 valence electrons. The van der Waals surface area contributed by atoms with Gasteiger partial charge in [-0.1, -0.05) is 12.6 Å². The Morgan fingerprint density at radius 3 is 2.24 bits per heavy atom. The Morgan fingerprint density at radius 2 is 1.68 bits per heavy atom. The second kappa shape index (κ2) is 22.9. The van der Waals surface area contributed by atoms with Gasteiger partial charge in [-0.15, -0.1) is 11.3 Å². The molecule has 3 saturated heterocycles. The molecule has 3 aliphatic heterocycles. The number of anilines is 1. The molecule has 6 heterocycles. The van der Waals surface area contributed by atoms with Crippen molar-refractivity contribution in [3.63, 3.8) is 0 Å². The molecule has 1 saturated carbocycles. The summed E-state index contributed by atoms with van der Waals surface area (Å²) in [6, 6.07) is 10.4. The molecule has 2 amide bonds. The Hall–Kier alpha value is -4.33. The SMILES string of the molecule is C1CCNC1.C=CC(=O)N1CCC2(CC(n3c(NC(=O)c4ccc(-c5cnco5)s4)nc4cc(CN5CCCC5)ccc43)C2)C1.CC(=O)OOC(C)=O.[B-]OC(C)=O.[Na+]. The second-order valence-electron chi connectivity index (χ2n) is 14.6. The first kappa shape index (κ1) is 47.4. The van der Waals surface area contributed by atoms with Crippen molar-refractivity contribution in [2.75, 3.05) is 44.6 Å². The van der Waals surface area contributed by atoms with Crippen LogP contribution in [0.25, 0.3) is 21.7 Å². The van der Waals surface area contributed by atoms with E-state index in [9.17, 15) is 24.0 Å². The van der Waals surface area contributed by atoms with Crippen molar-refractivity contribution in [2.24, 2.45) is 5.41 Å². The molecule has 4 aliphatic rings. The number of aromatic nitrogens is 3. The van der Waals surface area contributed by atoms with E-state index in [0.29, 0.717) is 16.6 Å². The van der Waals surface area contributed by atoms with Crippen LogP contribution in [0.3, 0.4) is 0 Å². The van der Waals surface area contributed by atoms with Crippen molar-refractivity contribution in [3.05, 3.63) is 66.0 Å². The zero-order chi connectivity index (χ0) is 41.7. The van der Waals surface area contributed by atoms with Crippen LogP contribution in [0.5, 0.6) is 0 Å². The Bertz CT molecular complexity index is 2020. The van der Waals surface area contributed by atoms with Gasteiger partial charge in [0.2, 0.25) is 17.8 Å².